The van der Waals surface area contributed by atoms with Crippen molar-refractivity contribution in [1.29, 1.82) is 5.26 Å². The fraction of sp³-hybridized carbons (Fsp3) is 0.469. The first kappa shape index (κ1) is 48.5. The Kier molecular flexibility index (Phi) is 17.4. The average molecular weight is 897 g/mol. The summed E-state index contributed by atoms with van der Waals surface area (Å²) < 4.78 is 36.8. The van der Waals surface area contributed by atoms with Crippen LogP contribution in [-0.4, -0.2) is 117 Å². The molecule has 3 aromatic carbocycles. The summed E-state index contributed by atoms with van der Waals surface area (Å²) in [5, 5.41) is 46.3. The lowest BCUT2D eigenvalue weighted by Gasteiger charge is -2.60. The Morgan fingerprint density at radius 1 is 0.954 bits per heavy atom. The Morgan fingerprint density at radius 2 is 1.71 bits per heavy atom. The van der Waals surface area contributed by atoms with Crippen LogP contribution in [0.1, 0.15) is 72.3 Å². The summed E-state index contributed by atoms with van der Waals surface area (Å²) in [7, 11) is 4.49. The predicted octanol–water partition coefficient (Wildman–Crippen LogP) is 6.60. The second-order valence-electron chi connectivity index (χ2n) is 16.1. The van der Waals surface area contributed by atoms with Gasteiger partial charge in [-0.3, -0.25) is 10.1 Å². The number of unbranched alkanes of at least 4 members (excludes halogenated alkanes) is 2. The number of fused-ring (bicyclic) bond motifs is 2. The van der Waals surface area contributed by atoms with Crippen LogP contribution in [0.15, 0.2) is 90.1 Å². The minimum Gasteiger partial charge on any atom is -0.497 e. The second-order valence-corrected chi connectivity index (χ2v) is 16.1. The molecule has 1 fully saturated rings. The van der Waals surface area contributed by atoms with E-state index >= 15 is 0 Å². The van der Waals surface area contributed by atoms with Crippen LogP contribution in [0.2, 0.25) is 0 Å². The number of allylic oxidation sites excluding steroid dienone is 1. The van der Waals surface area contributed by atoms with Gasteiger partial charge in [-0.2, -0.15) is 5.26 Å². The van der Waals surface area contributed by atoms with E-state index in [2.05, 4.69) is 29.2 Å². The zero-order valence-corrected chi connectivity index (χ0v) is 37.3. The average Bonchev–Trinajstić information content (AvgIpc) is 3.32. The normalized spacial score (nSPS) is 22.3. The highest BCUT2D eigenvalue weighted by Gasteiger charge is 2.65. The lowest BCUT2D eigenvalue weighted by atomic mass is 9.55. The van der Waals surface area contributed by atoms with Gasteiger partial charge in [0.25, 0.3) is 5.91 Å². The van der Waals surface area contributed by atoms with Crippen LogP contribution >= 0.6 is 0 Å². The van der Waals surface area contributed by atoms with Gasteiger partial charge in [0.05, 0.1) is 69.6 Å². The van der Waals surface area contributed by atoms with Gasteiger partial charge < -0.3 is 53.5 Å². The standard InChI is InChI=1S/C49H60N4O12/c1-5-24-63-49-44(53(20-25-62-26-23-56)47(57)33-14-12-32(31-50)13-15-33)30-41(52-61-4)38-27-34(10-6-8-21-54)37(11-7-9-22-55)45(46(38)49)39-28-36(17-19-42(39)65-49)64-48(58)51-40-18-16-35(59-2)29-43(40)60-3/h5,12-19,27-29,34,37,44-46,54-56H,1,6-11,20-26,30H2,2-4H3,(H,51,58). The maximum Gasteiger partial charge on any atom is 0.417 e. The van der Waals surface area contributed by atoms with Crippen molar-refractivity contribution >= 4 is 23.4 Å². The van der Waals surface area contributed by atoms with Gasteiger partial charge in [0.1, 0.15) is 36.1 Å². The van der Waals surface area contributed by atoms with Crippen LogP contribution in [-0.2, 0) is 14.3 Å². The summed E-state index contributed by atoms with van der Waals surface area (Å²) in [6.45, 7) is 4.09. The molecule has 6 rings (SSSR count). The van der Waals surface area contributed by atoms with Crippen molar-refractivity contribution in [2.75, 3.05) is 72.8 Å². The van der Waals surface area contributed by atoms with E-state index in [4.69, 9.17) is 33.3 Å². The molecule has 3 aliphatic rings. The molecule has 16 heteroatoms. The number of rotatable bonds is 23. The van der Waals surface area contributed by atoms with Crippen LogP contribution < -0.4 is 24.3 Å². The second kappa shape index (κ2) is 23.3. The number of hydrogen-bond donors (Lipinski definition) is 4. The van der Waals surface area contributed by atoms with Crippen molar-refractivity contribution in [2.45, 2.75) is 62.7 Å². The molecule has 6 atom stereocenters. The van der Waals surface area contributed by atoms with Gasteiger partial charge in [0.15, 0.2) is 0 Å². The minimum absolute atomic E-state index is 0.0206. The first-order valence-corrected chi connectivity index (χ1v) is 22.0. The van der Waals surface area contributed by atoms with Gasteiger partial charge >= 0.3 is 6.09 Å². The zero-order valence-electron chi connectivity index (χ0n) is 37.3. The van der Waals surface area contributed by atoms with Crippen LogP contribution in [0.3, 0.4) is 0 Å². The molecule has 16 nitrogen and oxygen atoms in total. The molecule has 6 unspecified atom stereocenters. The van der Waals surface area contributed by atoms with E-state index < -0.39 is 29.8 Å². The van der Waals surface area contributed by atoms with E-state index in [0.29, 0.717) is 65.5 Å². The highest BCUT2D eigenvalue weighted by atomic mass is 16.7. The minimum atomic E-state index is -1.57. The summed E-state index contributed by atoms with van der Waals surface area (Å²) in [6, 6.07) is 17.8. The van der Waals surface area contributed by atoms with Crippen molar-refractivity contribution in [3.05, 3.63) is 102 Å². The maximum atomic E-state index is 15.0. The molecule has 0 spiro atoms. The van der Waals surface area contributed by atoms with Gasteiger partial charge in [0, 0.05) is 49.3 Å². The number of nitrogens with one attached hydrogen (secondary N) is 1. The molecule has 1 aliphatic heterocycles. The Bertz CT molecular complexity index is 2210. The number of amides is 2. The molecule has 0 bridgehead atoms. The molecule has 2 aliphatic carbocycles. The smallest absolute Gasteiger partial charge is 0.417 e. The third-order valence-electron chi connectivity index (χ3n) is 12.3. The van der Waals surface area contributed by atoms with Crippen LogP contribution in [0.25, 0.3) is 0 Å². The molecule has 0 aromatic heterocycles. The number of anilines is 1. The van der Waals surface area contributed by atoms with Crippen molar-refractivity contribution in [3.63, 3.8) is 0 Å². The SMILES string of the molecule is C=CCOC12Oc3ccc(OC(=O)Nc4ccc(OC)cc4OC)cc3C3C(CCCCO)C(CCCCO)C=C(C(=NOC)CC1N(CCOCCO)C(=O)c1ccc(C#N)cc1)C32. The van der Waals surface area contributed by atoms with Crippen molar-refractivity contribution in [1.82, 2.24) is 4.90 Å². The monoisotopic (exact) mass is 896 g/mol. The van der Waals surface area contributed by atoms with E-state index in [1.165, 1.54) is 21.3 Å². The first-order valence-electron chi connectivity index (χ1n) is 22.0. The Morgan fingerprint density at radius 3 is 2.38 bits per heavy atom. The Hall–Kier alpha value is -5.96. The van der Waals surface area contributed by atoms with Crippen molar-refractivity contribution < 1.29 is 58.2 Å². The van der Waals surface area contributed by atoms with Crippen molar-refractivity contribution in [2.24, 2.45) is 22.9 Å². The highest BCUT2D eigenvalue weighted by Crippen LogP contribution is 2.62. The zero-order chi connectivity index (χ0) is 46.3. The van der Waals surface area contributed by atoms with Gasteiger partial charge in [-0.05, 0) is 97.7 Å². The summed E-state index contributed by atoms with van der Waals surface area (Å²) in [4.78, 5) is 35.7. The number of oxime groups is 1. The summed E-state index contributed by atoms with van der Waals surface area (Å²) in [6.07, 6.45) is 7.32. The lowest BCUT2D eigenvalue weighted by Crippen LogP contribution is -2.70. The molecule has 348 valence electrons. The number of aliphatic hydroxyl groups excluding tert-OH is 3. The van der Waals surface area contributed by atoms with E-state index in [-0.39, 0.29) is 76.1 Å². The molecule has 1 saturated carbocycles. The summed E-state index contributed by atoms with van der Waals surface area (Å²) >= 11 is 0. The van der Waals surface area contributed by atoms with Crippen molar-refractivity contribution in [3.8, 4) is 29.1 Å². The number of methoxy groups -OCH3 is 2. The number of nitriles is 1. The van der Waals surface area contributed by atoms with Crippen LogP contribution in [0, 0.1) is 29.1 Å². The van der Waals surface area contributed by atoms with E-state index in [1.807, 2.05) is 6.07 Å². The van der Waals surface area contributed by atoms with Gasteiger partial charge in [-0.15, -0.1) is 6.58 Å². The van der Waals surface area contributed by atoms with E-state index in [1.54, 1.807) is 65.6 Å². The molecular formula is C49H60N4O12. The van der Waals surface area contributed by atoms with Gasteiger partial charge in [0.2, 0.25) is 5.79 Å². The number of benzene rings is 3. The molecule has 1 heterocycles. The number of aliphatic hydroxyl groups is 3. The van der Waals surface area contributed by atoms with Gasteiger partial charge in [-0.1, -0.05) is 30.1 Å². The highest BCUT2D eigenvalue weighted by molar-refractivity contribution is 6.03. The maximum absolute atomic E-state index is 15.0. The molecular weight excluding hydrogens is 837 g/mol. The molecule has 3 aromatic rings. The fourth-order valence-electron chi connectivity index (χ4n) is 9.55. The topological polar surface area (TPSA) is 211 Å². The number of carbonyl (C=O) groups is 2. The third-order valence-corrected chi connectivity index (χ3v) is 12.3. The Balaban J connectivity index is 1.53. The number of hydrogen-bond acceptors (Lipinski definition) is 14. The summed E-state index contributed by atoms with van der Waals surface area (Å²) in [5.41, 5.74) is 3.26. The predicted molar refractivity (Wildman–Crippen MR) is 241 cm³/mol. The van der Waals surface area contributed by atoms with E-state index in [9.17, 15) is 30.2 Å². The number of ether oxygens (including phenoxy) is 6. The van der Waals surface area contributed by atoms with Crippen LogP contribution in [0.5, 0.6) is 23.0 Å². The molecule has 4 N–H and O–H groups in total. The van der Waals surface area contributed by atoms with Gasteiger partial charge in [-0.25, -0.2) is 4.79 Å². The quantitative estimate of drug-likeness (QED) is 0.0450. The number of nitrogens with zero attached hydrogens (tertiary/aromatic N) is 3. The molecule has 65 heavy (non-hydrogen) atoms. The fourth-order valence-corrected chi connectivity index (χ4v) is 9.55. The number of carbonyl (C=O) groups excluding carboxylic acids is 2. The Labute approximate surface area is 380 Å². The lowest BCUT2D eigenvalue weighted by molar-refractivity contribution is -0.254. The largest absolute Gasteiger partial charge is 0.497 e. The molecule has 2 amide bonds. The summed E-state index contributed by atoms with van der Waals surface area (Å²) in [5.74, 6) is -1.45. The van der Waals surface area contributed by atoms with E-state index in [0.717, 1.165) is 24.0 Å². The molecule has 0 radical (unpaired) electrons. The molecule has 0 saturated heterocycles. The first-order chi connectivity index (χ1) is 31.7. The van der Waals surface area contributed by atoms with Crippen LogP contribution in [0.4, 0.5) is 10.5 Å². The third kappa shape index (κ3) is 10.9.